The fourth-order valence-corrected chi connectivity index (χ4v) is 3.68. The Labute approximate surface area is 112 Å². The topological polar surface area (TPSA) is 40.5 Å². The molecule has 3 atom stereocenters. The van der Waals surface area contributed by atoms with E-state index in [1.165, 1.54) is 6.07 Å². The molecule has 0 amide bonds. The van der Waals surface area contributed by atoms with Crippen LogP contribution in [-0.4, -0.2) is 23.7 Å². The lowest BCUT2D eigenvalue weighted by Gasteiger charge is -2.50. The molecule has 4 rings (SSSR count). The van der Waals surface area contributed by atoms with Crippen LogP contribution in [0, 0.1) is 17.7 Å². The number of piperidine rings is 2. The third-order valence-corrected chi connectivity index (χ3v) is 4.58. The smallest absolute Gasteiger partial charge is 0.303 e. The van der Waals surface area contributed by atoms with Crippen molar-refractivity contribution in [3.63, 3.8) is 0 Å². The summed E-state index contributed by atoms with van der Waals surface area (Å²) in [5.74, 6) is -0.236. The Morgan fingerprint density at radius 1 is 1.37 bits per heavy atom. The van der Waals surface area contributed by atoms with Gasteiger partial charge in [0, 0.05) is 19.0 Å². The molecule has 19 heavy (non-hydrogen) atoms. The number of anilines is 1. The third kappa shape index (κ3) is 2.31. The zero-order valence-electron chi connectivity index (χ0n) is 10.8. The zero-order chi connectivity index (χ0) is 13.4. The molecule has 2 aliphatic heterocycles. The SMILES string of the molecule is O=C(O)CC1CC2CCC1CN2c1ccccc1F. The van der Waals surface area contributed by atoms with Gasteiger partial charge in [-0.2, -0.15) is 0 Å². The van der Waals surface area contributed by atoms with Gasteiger partial charge in [-0.15, -0.1) is 0 Å². The molecule has 1 N–H and O–H groups in total. The zero-order valence-corrected chi connectivity index (χ0v) is 10.8. The molecule has 102 valence electrons. The van der Waals surface area contributed by atoms with Crippen LogP contribution in [0.3, 0.4) is 0 Å². The summed E-state index contributed by atoms with van der Waals surface area (Å²) < 4.78 is 13.9. The van der Waals surface area contributed by atoms with Gasteiger partial charge in [-0.3, -0.25) is 4.79 Å². The van der Waals surface area contributed by atoms with Gasteiger partial charge in [0.05, 0.1) is 5.69 Å². The molecule has 3 aliphatic rings. The van der Waals surface area contributed by atoms with Crippen molar-refractivity contribution in [3.8, 4) is 0 Å². The summed E-state index contributed by atoms with van der Waals surface area (Å²) in [6.07, 6.45) is 3.26. The summed E-state index contributed by atoms with van der Waals surface area (Å²) in [6, 6.07) is 7.17. The molecule has 4 heteroatoms. The van der Waals surface area contributed by atoms with Gasteiger partial charge < -0.3 is 10.0 Å². The Bertz CT molecular complexity index is 491. The van der Waals surface area contributed by atoms with Crippen molar-refractivity contribution in [2.24, 2.45) is 11.8 Å². The van der Waals surface area contributed by atoms with Gasteiger partial charge in [0.25, 0.3) is 0 Å². The van der Waals surface area contributed by atoms with E-state index < -0.39 is 5.97 Å². The third-order valence-electron chi connectivity index (χ3n) is 4.58. The number of carboxylic acid groups (broad SMARTS) is 1. The summed E-state index contributed by atoms with van der Waals surface area (Å²) in [5.41, 5.74) is 0.672. The Kier molecular flexibility index (Phi) is 3.17. The number of fused-ring (bicyclic) bond motifs is 3. The molecule has 0 radical (unpaired) electrons. The van der Waals surface area contributed by atoms with E-state index in [-0.39, 0.29) is 18.2 Å². The predicted octanol–water partition coefficient (Wildman–Crippen LogP) is 2.91. The van der Waals surface area contributed by atoms with Crippen molar-refractivity contribution < 1.29 is 14.3 Å². The fraction of sp³-hybridized carbons (Fsp3) is 0.533. The van der Waals surface area contributed by atoms with E-state index in [4.69, 9.17) is 5.11 Å². The maximum absolute atomic E-state index is 13.9. The molecule has 3 unspecified atom stereocenters. The van der Waals surface area contributed by atoms with E-state index in [1.807, 2.05) is 12.1 Å². The second-order valence-electron chi connectivity index (χ2n) is 5.69. The highest BCUT2D eigenvalue weighted by atomic mass is 19.1. The minimum atomic E-state index is -0.713. The van der Waals surface area contributed by atoms with Crippen molar-refractivity contribution in [1.29, 1.82) is 0 Å². The van der Waals surface area contributed by atoms with Crippen LogP contribution >= 0.6 is 0 Å². The summed E-state index contributed by atoms with van der Waals surface area (Å²) in [5, 5.41) is 8.95. The summed E-state index contributed by atoms with van der Waals surface area (Å²) in [7, 11) is 0. The highest BCUT2D eigenvalue weighted by Gasteiger charge is 2.41. The van der Waals surface area contributed by atoms with Crippen LogP contribution in [0.15, 0.2) is 24.3 Å². The Morgan fingerprint density at radius 2 is 2.16 bits per heavy atom. The monoisotopic (exact) mass is 263 g/mol. The minimum absolute atomic E-state index is 0.176. The van der Waals surface area contributed by atoms with Crippen LogP contribution < -0.4 is 4.90 Å². The Morgan fingerprint density at radius 3 is 2.79 bits per heavy atom. The summed E-state index contributed by atoms with van der Waals surface area (Å²) in [4.78, 5) is 13.0. The number of carboxylic acids is 1. The lowest BCUT2D eigenvalue weighted by Crippen LogP contribution is -2.52. The molecule has 1 aromatic carbocycles. The van der Waals surface area contributed by atoms with Crippen LogP contribution in [0.5, 0.6) is 0 Å². The fourth-order valence-electron chi connectivity index (χ4n) is 3.68. The van der Waals surface area contributed by atoms with Crippen LogP contribution in [0.2, 0.25) is 0 Å². The molecule has 1 saturated carbocycles. The number of benzene rings is 1. The van der Waals surface area contributed by atoms with E-state index in [0.717, 1.165) is 25.8 Å². The van der Waals surface area contributed by atoms with E-state index in [9.17, 15) is 9.18 Å². The highest BCUT2D eigenvalue weighted by molar-refractivity contribution is 5.67. The van der Waals surface area contributed by atoms with Crippen molar-refractivity contribution in [2.75, 3.05) is 11.4 Å². The molecule has 3 nitrogen and oxygen atoms in total. The molecular formula is C15H18FNO2. The van der Waals surface area contributed by atoms with Crippen molar-refractivity contribution >= 4 is 11.7 Å². The van der Waals surface area contributed by atoms with Crippen molar-refractivity contribution in [1.82, 2.24) is 0 Å². The predicted molar refractivity (Wildman–Crippen MR) is 70.6 cm³/mol. The normalized spacial score (nSPS) is 29.5. The van der Waals surface area contributed by atoms with Gasteiger partial charge in [0.2, 0.25) is 0 Å². The largest absolute Gasteiger partial charge is 0.481 e. The van der Waals surface area contributed by atoms with Crippen LogP contribution in [0.25, 0.3) is 0 Å². The Hall–Kier alpha value is -1.58. The summed E-state index contributed by atoms with van der Waals surface area (Å²) in [6.45, 7) is 0.795. The number of nitrogens with zero attached hydrogens (tertiary/aromatic N) is 1. The average molecular weight is 263 g/mol. The number of hydrogen-bond acceptors (Lipinski definition) is 2. The second kappa shape index (κ2) is 4.83. The number of carbonyl (C=O) groups is 1. The van der Waals surface area contributed by atoms with Gasteiger partial charge >= 0.3 is 5.97 Å². The van der Waals surface area contributed by atoms with Gasteiger partial charge in [-0.25, -0.2) is 4.39 Å². The maximum atomic E-state index is 13.9. The number of halogens is 1. The standard InChI is InChI=1S/C15H18FNO2/c16-13-3-1-2-4-14(13)17-9-10-5-6-12(17)7-11(10)8-15(18)19/h1-4,10-12H,5-9H2,(H,18,19). The van der Waals surface area contributed by atoms with Crippen molar-refractivity contribution in [2.45, 2.75) is 31.7 Å². The van der Waals surface area contributed by atoms with E-state index in [1.54, 1.807) is 6.07 Å². The van der Waals surface area contributed by atoms with E-state index in [0.29, 0.717) is 17.6 Å². The van der Waals surface area contributed by atoms with Crippen LogP contribution in [0.1, 0.15) is 25.7 Å². The number of hydrogen-bond donors (Lipinski definition) is 1. The quantitative estimate of drug-likeness (QED) is 0.911. The molecule has 2 saturated heterocycles. The summed E-state index contributed by atoms with van der Waals surface area (Å²) >= 11 is 0. The lowest BCUT2D eigenvalue weighted by atomic mass is 9.70. The minimum Gasteiger partial charge on any atom is -0.481 e. The van der Waals surface area contributed by atoms with Gasteiger partial charge in [-0.05, 0) is 43.2 Å². The van der Waals surface area contributed by atoms with Gasteiger partial charge in [-0.1, -0.05) is 12.1 Å². The van der Waals surface area contributed by atoms with Crippen LogP contribution in [0.4, 0.5) is 10.1 Å². The van der Waals surface area contributed by atoms with Gasteiger partial charge in [0.15, 0.2) is 0 Å². The molecule has 3 fully saturated rings. The Balaban J connectivity index is 1.79. The molecule has 0 spiro atoms. The molecule has 0 aromatic heterocycles. The van der Waals surface area contributed by atoms with Crippen molar-refractivity contribution in [3.05, 3.63) is 30.1 Å². The van der Waals surface area contributed by atoms with E-state index in [2.05, 4.69) is 4.90 Å². The number of aliphatic carboxylic acids is 1. The van der Waals surface area contributed by atoms with E-state index >= 15 is 0 Å². The molecule has 1 aliphatic carbocycles. The molecule has 2 bridgehead atoms. The molecule has 2 heterocycles. The first-order chi connectivity index (χ1) is 9.15. The number of rotatable bonds is 3. The lowest BCUT2D eigenvalue weighted by molar-refractivity contribution is -0.139. The average Bonchev–Trinajstić information content (AvgIpc) is 2.39. The number of para-hydroxylation sites is 1. The molecule has 1 aromatic rings. The second-order valence-corrected chi connectivity index (χ2v) is 5.69. The molecular weight excluding hydrogens is 245 g/mol. The first-order valence-corrected chi connectivity index (χ1v) is 6.88. The highest BCUT2D eigenvalue weighted by Crippen LogP contribution is 2.43. The first kappa shape index (κ1) is 12.5. The first-order valence-electron chi connectivity index (χ1n) is 6.88. The van der Waals surface area contributed by atoms with Crippen LogP contribution in [-0.2, 0) is 4.79 Å². The van der Waals surface area contributed by atoms with Gasteiger partial charge in [0.1, 0.15) is 5.82 Å². The maximum Gasteiger partial charge on any atom is 0.303 e.